The van der Waals surface area contributed by atoms with Crippen molar-refractivity contribution in [3.8, 4) is 0 Å². The van der Waals surface area contributed by atoms with Crippen LogP contribution in [0.4, 0.5) is 4.39 Å². The Hall–Kier alpha value is -1.64. The van der Waals surface area contributed by atoms with Crippen LogP contribution in [0.25, 0.3) is 0 Å². The molecule has 2 nitrogen and oxygen atoms in total. The van der Waals surface area contributed by atoms with E-state index in [9.17, 15) is 4.39 Å². The first-order valence-electron chi connectivity index (χ1n) is 4.55. The Morgan fingerprint density at radius 2 is 2.07 bits per heavy atom. The second kappa shape index (κ2) is 3.62. The van der Waals surface area contributed by atoms with E-state index < -0.39 is 0 Å². The molecule has 0 atom stereocenters. The van der Waals surface area contributed by atoms with Crippen LogP contribution in [0.1, 0.15) is 18.4 Å². The second-order valence-electron chi connectivity index (χ2n) is 3.21. The van der Waals surface area contributed by atoms with Gasteiger partial charge in [-0.15, -0.1) is 0 Å². The molecule has 1 aromatic rings. The van der Waals surface area contributed by atoms with Crippen molar-refractivity contribution in [2.24, 2.45) is 10.7 Å². The minimum absolute atomic E-state index is 0.235. The average molecular weight is 190 g/mol. The van der Waals surface area contributed by atoms with Crippen molar-refractivity contribution in [1.82, 2.24) is 0 Å². The Balaban J connectivity index is 2.41. The van der Waals surface area contributed by atoms with Gasteiger partial charge in [0.15, 0.2) is 0 Å². The molecule has 1 heterocycles. The normalized spacial score (nSPS) is 16.1. The first kappa shape index (κ1) is 8.94. The van der Waals surface area contributed by atoms with Crippen LogP contribution in [-0.4, -0.2) is 5.71 Å². The van der Waals surface area contributed by atoms with Crippen molar-refractivity contribution in [3.63, 3.8) is 0 Å². The van der Waals surface area contributed by atoms with Gasteiger partial charge in [-0.05, 0) is 25.0 Å². The molecule has 1 aromatic carbocycles. The van der Waals surface area contributed by atoms with Crippen LogP contribution < -0.4 is 5.73 Å². The molecule has 1 aliphatic rings. The predicted molar refractivity (Wildman–Crippen MR) is 54.4 cm³/mol. The summed E-state index contributed by atoms with van der Waals surface area (Å²) in [6.45, 7) is 0. The molecule has 0 bridgehead atoms. The Morgan fingerprint density at radius 1 is 1.29 bits per heavy atom. The van der Waals surface area contributed by atoms with Gasteiger partial charge in [-0.3, -0.25) is 0 Å². The fraction of sp³-hybridized carbons (Fsp3) is 0.182. The van der Waals surface area contributed by atoms with Gasteiger partial charge in [0.05, 0.1) is 5.71 Å². The van der Waals surface area contributed by atoms with E-state index in [4.69, 9.17) is 5.73 Å². The topological polar surface area (TPSA) is 38.4 Å². The molecule has 3 heteroatoms. The Labute approximate surface area is 82.0 Å². The van der Waals surface area contributed by atoms with Gasteiger partial charge in [-0.25, -0.2) is 9.38 Å². The van der Waals surface area contributed by atoms with E-state index in [1.165, 1.54) is 6.07 Å². The third kappa shape index (κ3) is 1.66. The number of benzene rings is 1. The van der Waals surface area contributed by atoms with Crippen LogP contribution in [0.2, 0.25) is 0 Å². The molecular formula is C11H11FN2. The summed E-state index contributed by atoms with van der Waals surface area (Å²) in [4.78, 5) is 4.13. The molecule has 2 N–H and O–H groups in total. The lowest BCUT2D eigenvalue weighted by atomic mass is 10.0. The van der Waals surface area contributed by atoms with E-state index in [2.05, 4.69) is 4.99 Å². The Morgan fingerprint density at radius 3 is 2.79 bits per heavy atom. The van der Waals surface area contributed by atoms with Crippen LogP contribution in [0.15, 0.2) is 41.2 Å². The number of rotatable bonds is 1. The minimum atomic E-state index is -0.235. The lowest BCUT2D eigenvalue weighted by molar-refractivity contribution is 0.624. The molecule has 1 aliphatic heterocycles. The zero-order chi connectivity index (χ0) is 9.97. The van der Waals surface area contributed by atoms with E-state index in [0.29, 0.717) is 11.4 Å². The summed E-state index contributed by atoms with van der Waals surface area (Å²) in [7, 11) is 0. The summed E-state index contributed by atoms with van der Waals surface area (Å²) in [5.41, 5.74) is 6.86. The fourth-order valence-electron chi connectivity index (χ4n) is 1.50. The van der Waals surface area contributed by atoms with Crippen molar-refractivity contribution in [1.29, 1.82) is 0 Å². The summed E-state index contributed by atoms with van der Waals surface area (Å²) in [5.74, 6) is 0.246. The first-order valence-corrected chi connectivity index (χ1v) is 4.55. The smallest absolute Gasteiger partial charge is 0.132 e. The highest BCUT2D eigenvalue weighted by Gasteiger charge is 2.11. The van der Waals surface area contributed by atoms with Crippen molar-refractivity contribution >= 4 is 5.71 Å². The first-order chi connectivity index (χ1) is 6.77. The second-order valence-corrected chi connectivity index (χ2v) is 3.21. The highest BCUT2D eigenvalue weighted by molar-refractivity contribution is 6.01. The molecule has 0 aliphatic carbocycles. The standard InChI is InChI=1S/C11H11FN2/c12-9-5-2-1-4-8(9)10-6-3-7-11(13)14-10/h1-2,4-5,7H,3,6,13H2. The van der Waals surface area contributed by atoms with Crippen molar-refractivity contribution in [2.75, 3.05) is 0 Å². The quantitative estimate of drug-likeness (QED) is 0.724. The molecule has 0 saturated carbocycles. The molecule has 0 amide bonds. The van der Waals surface area contributed by atoms with Crippen LogP contribution in [0, 0.1) is 5.82 Å². The number of hydrogen-bond acceptors (Lipinski definition) is 2. The molecule has 72 valence electrons. The highest BCUT2D eigenvalue weighted by atomic mass is 19.1. The van der Waals surface area contributed by atoms with Gasteiger partial charge in [0, 0.05) is 5.56 Å². The summed E-state index contributed by atoms with van der Waals surface area (Å²) >= 11 is 0. The maximum atomic E-state index is 13.4. The van der Waals surface area contributed by atoms with E-state index in [0.717, 1.165) is 18.6 Å². The lowest BCUT2D eigenvalue weighted by Crippen LogP contribution is -2.10. The molecule has 0 saturated heterocycles. The Kier molecular flexibility index (Phi) is 2.31. The van der Waals surface area contributed by atoms with Gasteiger partial charge in [0.2, 0.25) is 0 Å². The van der Waals surface area contributed by atoms with Crippen LogP contribution in [-0.2, 0) is 0 Å². The number of hydrogen-bond donors (Lipinski definition) is 1. The molecule has 0 aromatic heterocycles. The Bertz CT molecular complexity index is 408. The minimum Gasteiger partial charge on any atom is -0.384 e. The summed E-state index contributed by atoms with van der Waals surface area (Å²) in [5, 5.41) is 0. The van der Waals surface area contributed by atoms with Crippen molar-refractivity contribution in [3.05, 3.63) is 47.5 Å². The number of nitrogens with two attached hydrogens (primary N) is 1. The molecular weight excluding hydrogens is 179 g/mol. The third-order valence-electron chi connectivity index (χ3n) is 2.18. The van der Waals surface area contributed by atoms with Gasteiger partial charge in [0.25, 0.3) is 0 Å². The van der Waals surface area contributed by atoms with E-state index in [1.807, 2.05) is 6.08 Å². The van der Waals surface area contributed by atoms with Gasteiger partial charge in [-0.2, -0.15) is 0 Å². The number of aliphatic imine (C=N–C) groups is 1. The average Bonchev–Trinajstić information content (AvgIpc) is 2.18. The summed E-state index contributed by atoms with van der Waals surface area (Å²) < 4.78 is 13.4. The van der Waals surface area contributed by atoms with Crippen LogP contribution in [0.5, 0.6) is 0 Å². The van der Waals surface area contributed by atoms with Gasteiger partial charge in [-0.1, -0.05) is 18.2 Å². The highest BCUT2D eigenvalue weighted by Crippen LogP contribution is 2.16. The van der Waals surface area contributed by atoms with E-state index in [-0.39, 0.29) is 5.82 Å². The number of nitrogens with zero attached hydrogens (tertiary/aromatic N) is 1. The molecule has 0 unspecified atom stereocenters. The third-order valence-corrected chi connectivity index (χ3v) is 2.18. The monoisotopic (exact) mass is 190 g/mol. The van der Waals surface area contributed by atoms with Crippen molar-refractivity contribution in [2.45, 2.75) is 12.8 Å². The number of allylic oxidation sites excluding steroid dienone is 1. The van der Waals surface area contributed by atoms with Crippen LogP contribution in [0.3, 0.4) is 0 Å². The van der Waals surface area contributed by atoms with Gasteiger partial charge >= 0.3 is 0 Å². The SMILES string of the molecule is NC1=CCCC(c2ccccc2F)=N1. The number of halogens is 1. The maximum Gasteiger partial charge on any atom is 0.132 e. The molecule has 14 heavy (non-hydrogen) atoms. The zero-order valence-corrected chi connectivity index (χ0v) is 7.70. The van der Waals surface area contributed by atoms with E-state index in [1.54, 1.807) is 18.2 Å². The predicted octanol–water partition coefficient (Wildman–Crippen LogP) is 2.21. The molecule has 0 spiro atoms. The summed E-state index contributed by atoms with van der Waals surface area (Å²) in [6.07, 6.45) is 3.44. The summed E-state index contributed by atoms with van der Waals surface area (Å²) in [6, 6.07) is 6.63. The molecule has 0 radical (unpaired) electrons. The fourth-order valence-corrected chi connectivity index (χ4v) is 1.50. The molecule has 0 fully saturated rings. The van der Waals surface area contributed by atoms with E-state index >= 15 is 0 Å². The largest absolute Gasteiger partial charge is 0.384 e. The van der Waals surface area contributed by atoms with Crippen molar-refractivity contribution < 1.29 is 4.39 Å². The molecule has 2 rings (SSSR count). The van der Waals surface area contributed by atoms with Crippen LogP contribution >= 0.6 is 0 Å². The van der Waals surface area contributed by atoms with Gasteiger partial charge < -0.3 is 5.73 Å². The zero-order valence-electron chi connectivity index (χ0n) is 7.70. The maximum absolute atomic E-state index is 13.4. The van der Waals surface area contributed by atoms with Gasteiger partial charge in [0.1, 0.15) is 11.6 Å². The lowest BCUT2D eigenvalue weighted by Gasteiger charge is -2.10.